The molecule has 0 amide bonds. The van der Waals surface area contributed by atoms with Crippen molar-refractivity contribution in [3.63, 3.8) is 0 Å². The summed E-state index contributed by atoms with van der Waals surface area (Å²) >= 11 is 0. The minimum absolute atomic E-state index is 0. The summed E-state index contributed by atoms with van der Waals surface area (Å²) in [6, 6.07) is 0. The first-order valence-corrected chi connectivity index (χ1v) is 2.23. The summed E-state index contributed by atoms with van der Waals surface area (Å²) in [4.78, 5) is 0. The van der Waals surface area contributed by atoms with E-state index < -0.39 is 0 Å². The third-order valence-electron chi connectivity index (χ3n) is 0.957. The van der Waals surface area contributed by atoms with Gasteiger partial charge < -0.3 is 0 Å². The molecule has 0 unspecified atom stereocenters. The predicted octanol–water partition coefficient (Wildman–Crippen LogP) is 1.89. The van der Waals surface area contributed by atoms with Crippen molar-refractivity contribution in [2.75, 3.05) is 0 Å². The molecule has 0 radical (unpaired) electrons. The van der Waals surface area contributed by atoms with Gasteiger partial charge in [-0.2, -0.15) is 0 Å². The Kier molecular flexibility index (Phi) is 3.32. The van der Waals surface area contributed by atoms with Crippen LogP contribution in [0, 0.1) is 0 Å². The number of allylic oxidation sites excluding steroid dienone is 4. The van der Waals surface area contributed by atoms with Crippen molar-refractivity contribution in [3.05, 3.63) is 23.8 Å². The van der Waals surface area contributed by atoms with Crippen LogP contribution in [-0.4, -0.2) is 0 Å². The second-order valence-electron chi connectivity index (χ2n) is 1.59. The molecule has 0 aliphatic heterocycles. The standard InChI is InChI=1S/C6H8.Ti/c1-6-4-2-3-5-6;/h2,4-5H,3H2,1H3;. The molecule has 0 fully saturated rings. The smallest absolute Gasteiger partial charge is 0 e. The van der Waals surface area contributed by atoms with Crippen LogP contribution >= 0.6 is 0 Å². The van der Waals surface area contributed by atoms with Crippen LogP contribution in [0.1, 0.15) is 13.3 Å². The van der Waals surface area contributed by atoms with E-state index in [9.17, 15) is 0 Å². The molecule has 1 rings (SSSR count). The Labute approximate surface area is 59.2 Å². The van der Waals surface area contributed by atoms with Crippen LogP contribution in [0.5, 0.6) is 0 Å². The van der Waals surface area contributed by atoms with Gasteiger partial charge in [0.25, 0.3) is 0 Å². The van der Waals surface area contributed by atoms with E-state index in [4.69, 9.17) is 0 Å². The summed E-state index contributed by atoms with van der Waals surface area (Å²) in [6.45, 7) is 2.11. The Balaban J connectivity index is 0.000000360. The van der Waals surface area contributed by atoms with Gasteiger partial charge in [-0.05, 0) is 13.3 Å². The van der Waals surface area contributed by atoms with E-state index >= 15 is 0 Å². The fourth-order valence-electron chi connectivity index (χ4n) is 0.576. The Morgan fingerprint density at radius 3 is 2.43 bits per heavy atom. The predicted molar refractivity (Wildman–Crippen MR) is 27.5 cm³/mol. The number of hydrogen-bond donors (Lipinski definition) is 0. The van der Waals surface area contributed by atoms with E-state index in [0.717, 1.165) is 6.42 Å². The molecule has 0 nitrogen and oxygen atoms in total. The summed E-state index contributed by atoms with van der Waals surface area (Å²) in [5.41, 5.74) is 1.40. The van der Waals surface area contributed by atoms with Gasteiger partial charge in [0.2, 0.25) is 0 Å². The van der Waals surface area contributed by atoms with E-state index in [0.29, 0.717) is 0 Å². The maximum atomic E-state index is 2.21. The molecule has 0 aromatic heterocycles. The molecular weight excluding hydrogens is 120 g/mol. The molecular formula is C6H8Ti. The van der Waals surface area contributed by atoms with Crippen LogP contribution in [0.4, 0.5) is 0 Å². The molecule has 0 N–H and O–H groups in total. The van der Waals surface area contributed by atoms with Crippen LogP contribution in [-0.2, 0) is 21.7 Å². The summed E-state index contributed by atoms with van der Waals surface area (Å²) in [5, 5.41) is 0. The zero-order valence-corrected chi connectivity index (χ0v) is 6.00. The Bertz CT molecular complexity index is 98.0. The monoisotopic (exact) mass is 128 g/mol. The molecule has 0 atom stereocenters. The molecule has 0 spiro atoms. The summed E-state index contributed by atoms with van der Waals surface area (Å²) in [6.07, 6.45) is 7.65. The molecule has 0 bridgehead atoms. The van der Waals surface area contributed by atoms with Gasteiger partial charge >= 0.3 is 0 Å². The fraction of sp³-hybridized carbons (Fsp3) is 0.333. The van der Waals surface area contributed by atoms with E-state index in [1.807, 2.05) is 0 Å². The SMILES string of the molecule is CC1=CCC=C1.[Ti]. The van der Waals surface area contributed by atoms with Crippen molar-refractivity contribution in [1.82, 2.24) is 0 Å². The van der Waals surface area contributed by atoms with Gasteiger partial charge in [0.1, 0.15) is 0 Å². The van der Waals surface area contributed by atoms with E-state index in [1.165, 1.54) is 5.57 Å². The second kappa shape index (κ2) is 3.23. The quantitative estimate of drug-likeness (QED) is 0.437. The van der Waals surface area contributed by atoms with Crippen molar-refractivity contribution in [3.8, 4) is 0 Å². The van der Waals surface area contributed by atoms with Crippen LogP contribution in [0.15, 0.2) is 23.8 Å². The largest absolute Gasteiger partial charge is 0.0805 e. The first-order chi connectivity index (χ1) is 2.89. The van der Waals surface area contributed by atoms with E-state index in [1.54, 1.807) is 0 Å². The summed E-state index contributed by atoms with van der Waals surface area (Å²) in [7, 11) is 0. The summed E-state index contributed by atoms with van der Waals surface area (Å²) in [5.74, 6) is 0. The van der Waals surface area contributed by atoms with E-state index in [-0.39, 0.29) is 21.7 Å². The first kappa shape index (κ1) is 7.19. The van der Waals surface area contributed by atoms with Crippen LogP contribution in [0.25, 0.3) is 0 Å². The second-order valence-corrected chi connectivity index (χ2v) is 1.59. The Morgan fingerprint density at radius 1 is 1.57 bits per heavy atom. The van der Waals surface area contributed by atoms with Crippen molar-refractivity contribution >= 4 is 0 Å². The molecule has 1 aliphatic rings. The number of rotatable bonds is 0. The van der Waals surface area contributed by atoms with Gasteiger partial charge in [-0.15, -0.1) is 0 Å². The number of hydrogen-bond acceptors (Lipinski definition) is 0. The van der Waals surface area contributed by atoms with Gasteiger partial charge in [-0.25, -0.2) is 0 Å². The molecule has 1 aliphatic carbocycles. The molecule has 0 aromatic rings. The van der Waals surface area contributed by atoms with Gasteiger partial charge in [-0.1, -0.05) is 23.8 Å². The average Bonchev–Trinajstić information content (AvgIpc) is 1.86. The zero-order chi connectivity index (χ0) is 4.41. The normalized spacial score (nSPS) is 15.9. The average molecular weight is 128 g/mol. The third-order valence-corrected chi connectivity index (χ3v) is 0.957. The maximum Gasteiger partial charge on any atom is 0 e. The van der Waals surface area contributed by atoms with E-state index in [2.05, 4.69) is 25.2 Å². The molecule has 0 aromatic carbocycles. The van der Waals surface area contributed by atoms with Gasteiger partial charge in [0.05, 0.1) is 0 Å². The molecule has 36 valence electrons. The summed E-state index contributed by atoms with van der Waals surface area (Å²) < 4.78 is 0. The molecule has 0 heterocycles. The molecule has 7 heavy (non-hydrogen) atoms. The third kappa shape index (κ3) is 2.11. The zero-order valence-electron chi connectivity index (χ0n) is 4.44. The van der Waals surface area contributed by atoms with Crippen molar-refractivity contribution in [1.29, 1.82) is 0 Å². The minimum atomic E-state index is 0. The van der Waals surface area contributed by atoms with Gasteiger partial charge in [-0.3, -0.25) is 0 Å². The molecule has 0 saturated carbocycles. The topological polar surface area (TPSA) is 0 Å². The van der Waals surface area contributed by atoms with Gasteiger partial charge in [0, 0.05) is 21.7 Å². The van der Waals surface area contributed by atoms with Crippen molar-refractivity contribution < 1.29 is 21.7 Å². The van der Waals surface area contributed by atoms with Crippen LogP contribution in [0.3, 0.4) is 0 Å². The van der Waals surface area contributed by atoms with Crippen molar-refractivity contribution in [2.45, 2.75) is 13.3 Å². The molecule has 0 saturated heterocycles. The van der Waals surface area contributed by atoms with Crippen LogP contribution < -0.4 is 0 Å². The fourth-order valence-corrected chi connectivity index (χ4v) is 0.576. The first-order valence-electron chi connectivity index (χ1n) is 2.23. The Hall–Kier alpha value is 0.194. The molecule has 1 heteroatoms. The van der Waals surface area contributed by atoms with Gasteiger partial charge in [0.15, 0.2) is 0 Å². The maximum absolute atomic E-state index is 2.21. The Morgan fingerprint density at radius 2 is 2.29 bits per heavy atom. The minimum Gasteiger partial charge on any atom is -0.0805 e. The van der Waals surface area contributed by atoms with Crippen LogP contribution in [0.2, 0.25) is 0 Å². The van der Waals surface area contributed by atoms with Crippen molar-refractivity contribution in [2.24, 2.45) is 0 Å².